The van der Waals surface area contributed by atoms with E-state index in [-0.39, 0.29) is 16.5 Å². The Balaban J connectivity index is 1.93. The van der Waals surface area contributed by atoms with E-state index in [2.05, 4.69) is 4.98 Å². The van der Waals surface area contributed by atoms with Crippen LogP contribution in [0.25, 0.3) is 0 Å². The van der Waals surface area contributed by atoms with E-state index in [1.54, 1.807) is 24.1 Å². The van der Waals surface area contributed by atoms with Crippen LogP contribution < -0.4 is 0 Å². The zero-order valence-corrected chi connectivity index (χ0v) is 12.9. The van der Waals surface area contributed by atoms with Crippen LogP contribution in [0.3, 0.4) is 0 Å². The molecule has 3 rings (SSSR count). The molecule has 0 saturated carbocycles. The Bertz CT molecular complexity index is 619. The number of fused-ring (bicyclic) bond motifs is 1. The van der Waals surface area contributed by atoms with Crippen LogP contribution in [0.5, 0.6) is 0 Å². The van der Waals surface area contributed by atoms with Crippen LogP contribution >= 0.6 is 11.6 Å². The SMILES string of the molecule is CC1C[C@@H](O)N2CCN(Cc3ccc(Cl)nc3)C2=C1[N+](=O)[O-]. The molecule has 0 amide bonds. The summed E-state index contributed by atoms with van der Waals surface area (Å²) in [6, 6.07) is 3.55. The number of aliphatic hydroxyl groups excluding tert-OH is 1. The monoisotopic (exact) mass is 324 g/mol. The first-order valence-electron chi connectivity index (χ1n) is 7.16. The van der Waals surface area contributed by atoms with Crippen LogP contribution in [0.1, 0.15) is 18.9 Å². The molecule has 118 valence electrons. The number of halogens is 1. The maximum atomic E-state index is 11.4. The molecular weight excluding hydrogens is 308 g/mol. The summed E-state index contributed by atoms with van der Waals surface area (Å²) >= 11 is 5.78. The summed E-state index contributed by atoms with van der Waals surface area (Å²) in [5.74, 6) is 0.256. The van der Waals surface area contributed by atoms with E-state index in [9.17, 15) is 15.2 Å². The third-order valence-electron chi connectivity index (χ3n) is 4.16. The first-order valence-corrected chi connectivity index (χ1v) is 7.54. The van der Waals surface area contributed by atoms with Gasteiger partial charge < -0.3 is 14.9 Å². The van der Waals surface area contributed by atoms with Gasteiger partial charge in [-0.2, -0.15) is 0 Å². The fourth-order valence-electron chi connectivity index (χ4n) is 3.13. The molecule has 2 aliphatic heterocycles. The van der Waals surface area contributed by atoms with Gasteiger partial charge in [0.25, 0.3) is 5.70 Å². The van der Waals surface area contributed by atoms with Gasteiger partial charge in [-0.05, 0) is 11.6 Å². The van der Waals surface area contributed by atoms with Gasteiger partial charge in [-0.1, -0.05) is 24.6 Å². The number of nitrogens with zero attached hydrogens (tertiary/aromatic N) is 4. The van der Waals surface area contributed by atoms with E-state index in [0.29, 0.717) is 37.0 Å². The second-order valence-electron chi connectivity index (χ2n) is 5.69. The van der Waals surface area contributed by atoms with Crippen LogP contribution in [-0.4, -0.2) is 44.1 Å². The van der Waals surface area contributed by atoms with Gasteiger partial charge in [-0.3, -0.25) is 10.1 Å². The highest BCUT2D eigenvalue weighted by Gasteiger charge is 2.44. The standard InChI is InChI=1S/C14H17ClN4O3/c1-9-6-12(20)18-5-4-17(14(18)13(9)19(21)22)8-10-2-3-11(15)16-7-10/h2-3,7,9,12,20H,4-6,8H2,1H3/t9?,12-/m1/s1. The lowest BCUT2D eigenvalue weighted by molar-refractivity contribution is -0.439. The summed E-state index contributed by atoms with van der Waals surface area (Å²) in [4.78, 5) is 18.8. The Morgan fingerprint density at radius 3 is 2.91 bits per heavy atom. The maximum absolute atomic E-state index is 11.4. The molecule has 7 nitrogen and oxygen atoms in total. The van der Waals surface area contributed by atoms with Crippen LogP contribution in [0.2, 0.25) is 5.15 Å². The number of aliphatic hydroxyl groups is 1. The van der Waals surface area contributed by atoms with Gasteiger partial charge in [-0.25, -0.2) is 4.98 Å². The number of hydrogen-bond donors (Lipinski definition) is 1. The summed E-state index contributed by atoms with van der Waals surface area (Å²) < 4.78 is 0. The van der Waals surface area contributed by atoms with Gasteiger partial charge in [0.15, 0.2) is 5.82 Å². The van der Waals surface area contributed by atoms with Gasteiger partial charge in [0.2, 0.25) is 0 Å². The molecule has 1 saturated heterocycles. The maximum Gasteiger partial charge on any atom is 0.289 e. The topological polar surface area (TPSA) is 82.7 Å². The van der Waals surface area contributed by atoms with Crippen molar-refractivity contribution in [1.29, 1.82) is 0 Å². The summed E-state index contributed by atoms with van der Waals surface area (Å²) in [5.41, 5.74) is 1.11. The van der Waals surface area contributed by atoms with Gasteiger partial charge in [0.05, 0.1) is 10.8 Å². The van der Waals surface area contributed by atoms with E-state index in [4.69, 9.17) is 11.6 Å². The number of rotatable bonds is 3. The smallest absolute Gasteiger partial charge is 0.289 e. The minimum atomic E-state index is -0.665. The summed E-state index contributed by atoms with van der Waals surface area (Å²) in [5, 5.41) is 22.0. The average molecular weight is 325 g/mol. The van der Waals surface area contributed by atoms with Crippen molar-refractivity contribution in [3.05, 3.63) is 50.7 Å². The molecule has 0 aliphatic carbocycles. The number of pyridine rings is 1. The largest absolute Gasteiger partial charge is 0.374 e. The molecule has 1 N–H and O–H groups in total. The number of allylic oxidation sites excluding steroid dienone is 1. The molecule has 1 fully saturated rings. The van der Waals surface area contributed by atoms with Gasteiger partial charge in [0, 0.05) is 32.3 Å². The molecule has 1 aromatic heterocycles. The zero-order chi connectivity index (χ0) is 15.9. The highest BCUT2D eigenvalue weighted by molar-refractivity contribution is 6.29. The van der Waals surface area contributed by atoms with Crippen LogP contribution in [0.4, 0.5) is 0 Å². The highest BCUT2D eigenvalue weighted by atomic mass is 35.5. The lowest BCUT2D eigenvalue weighted by Crippen LogP contribution is -2.41. The van der Waals surface area contributed by atoms with Gasteiger partial charge >= 0.3 is 0 Å². The molecule has 1 aromatic rings. The fraction of sp³-hybridized carbons (Fsp3) is 0.500. The minimum absolute atomic E-state index is 0.185. The molecule has 8 heteroatoms. The molecule has 1 unspecified atom stereocenters. The molecule has 22 heavy (non-hydrogen) atoms. The van der Waals surface area contributed by atoms with E-state index in [1.165, 1.54) is 0 Å². The lowest BCUT2D eigenvalue weighted by Gasteiger charge is -2.34. The van der Waals surface area contributed by atoms with E-state index in [0.717, 1.165) is 5.56 Å². The second-order valence-corrected chi connectivity index (χ2v) is 6.07. The fourth-order valence-corrected chi connectivity index (χ4v) is 3.24. The number of nitro groups is 1. The van der Waals surface area contributed by atoms with E-state index < -0.39 is 6.23 Å². The third kappa shape index (κ3) is 2.62. The third-order valence-corrected chi connectivity index (χ3v) is 4.38. The predicted molar refractivity (Wildman–Crippen MR) is 80.2 cm³/mol. The lowest BCUT2D eigenvalue weighted by atomic mass is 9.98. The first kappa shape index (κ1) is 15.1. The zero-order valence-electron chi connectivity index (χ0n) is 12.1. The van der Waals surface area contributed by atoms with Gasteiger partial charge in [-0.15, -0.1) is 0 Å². The van der Waals surface area contributed by atoms with Crippen LogP contribution in [0, 0.1) is 16.0 Å². The molecule has 2 aliphatic rings. The van der Waals surface area contributed by atoms with E-state index in [1.807, 2.05) is 11.0 Å². The first-order chi connectivity index (χ1) is 10.5. The van der Waals surface area contributed by atoms with Crippen LogP contribution in [-0.2, 0) is 6.54 Å². The van der Waals surface area contributed by atoms with Crippen molar-refractivity contribution in [2.24, 2.45) is 5.92 Å². The quantitative estimate of drug-likeness (QED) is 0.517. The normalized spacial score (nSPS) is 24.7. The van der Waals surface area contributed by atoms with Crippen molar-refractivity contribution >= 4 is 11.6 Å². The number of hydrogen-bond acceptors (Lipinski definition) is 6. The Morgan fingerprint density at radius 1 is 1.50 bits per heavy atom. The molecule has 2 atom stereocenters. The van der Waals surface area contributed by atoms with Crippen molar-refractivity contribution < 1.29 is 10.0 Å². The summed E-state index contributed by atoms with van der Waals surface area (Å²) in [6.45, 7) is 3.51. The summed E-state index contributed by atoms with van der Waals surface area (Å²) in [6.07, 6.45) is 1.39. The predicted octanol–water partition coefficient (Wildman–Crippen LogP) is 1.66. The van der Waals surface area contributed by atoms with Crippen molar-refractivity contribution in [1.82, 2.24) is 14.8 Å². The molecule has 3 heterocycles. The van der Waals surface area contributed by atoms with Gasteiger partial charge in [0.1, 0.15) is 11.4 Å². The highest BCUT2D eigenvalue weighted by Crippen LogP contribution is 2.36. The Hall–Kier alpha value is -1.86. The Morgan fingerprint density at radius 2 is 2.27 bits per heavy atom. The van der Waals surface area contributed by atoms with Crippen molar-refractivity contribution in [3.8, 4) is 0 Å². The van der Waals surface area contributed by atoms with E-state index >= 15 is 0 Å². The van der Waals surface area contributed by atoms with Crippen molar-refractivity contribution in [2.75, 3.05) is 13.1 Å². The molecule has 0 aromatic carbocycles. The average Bonchev–Trinajstić information content (AvgIpc) is 2.85. The Labute approximate surface area is 133 Å². The van der Waals surface area contributed by atoms with Crippen molar-refractivity contribution in [2.45, 2.75) is 26.1 Å². The molecular formula is C14H17ClN4O3. The molecule has 0 radical (unpaired) electrons. The number of aromatic nitrogens is 1. The second kappa shape index (κ2) is 5.73. The summed E-state index contributed by atoms with van der Waals surface area (Å²) in [7, 11) is 0. The van der Waals surface area contributed by atoms with Crippen molar-refractivity contribution in [3.63, 3.8) is 0 Å². The Kier molecular flexibility index (Phi) is 3.92. The molecule has 0 bridgehead atoms. The minimum Gasteiger partial charge on any atom is -0.374 e. The molecule has 0 spiro atoms. The van der Waals surface area contributed by atoms with Crippen LogP contribution in [0.15, 0.2) is 29.8 Å².